The third-order valence-corrected chi connectivity index (χ3v) is 6.53. The van der Waals surface area contributed by atoms with Gasteiger partial charge in [-0.15, -0.1) is 0 Å². The Balaban J connectivity index is 1.46. The lowest BCUT2D eigenvalue weighted by Gasteiger charge is -2.28. The predicted octanol–water partition coefficient (Wildman–Crippen LogP) is 5.13. The summed E-state index contributed by atoms with van der Waals surface area (Å²) in [6.07, 6.45) is 8.36. The Morgan fingerprint density at radius 3 is 2.68 bits per heavy atom. The van der Waals surface area contributed by atoms with Gasteiger partial charge in [0.15, 0.2) is 5.78 Å². The molecule has 8 nitrogen and oxygen atoms in total. The van der Waals surface area contributed by atoms with Crippen molar-refractivity contribution < 1.29 is 4.79 Å². The number of anilines is 2. The van der Waals surface area contributed by atoms with Crippen LogP contribution in [0.25, 0.3) is 11.3 Å². The minimum Gasteiger partial charge on any atom is -0.321 e. The monoisotopic (exact) mass is 477 g/mol. The molecule has 9 heteroatoms. The number of ketones is 1. The minimum absolute atomic E-state index is 0.0438. The highest BCUT2D eigenvalue weighted by Gasteiger charge is 2.19. The SMILES string of the molecule is CC[C@@H](C#N)CC(=O)c1ccc(-c2nc(Nc3cnn(C4CCN(C)CC4)c3)ncc2Cl)cc1. The number of hydrogen-bond donors (Lipinski definition) is 1. The van der Waals surface area contributed by atoms with E-state index in [1.165, 1.54) is 0 Å². The summed E-state index contributed by atoms with van der Waals surface area (Å²) in [5.74, 6) is 0.112. The van der Waals surface area contributed by atoms with Crippen molar-refractivity contribution in [2.45, 2.75) is 38.6 Å². The zero-order chi connectivity index (χ0) is 24.1. The number of likely N-dealkylation sites (tertiary alicyclic amines) is 1. The van der Waals surface area contributed by atoms with E-state index in [1.807, 2.05) is 29.9 Å². The lowest BCUT2D eigenvalue weighted by molar-refractivity contribution is 0.0969. The highest BCUT2D eigenvalue weighted by atomic mass is 35.5. The summed E-state index contributed by atoms with van der Waals surface area (Å²) in [6.45, 7) is 4.05. The molecule has 3 heterocycles. The van der Waals surface area contributed by atoms with E-state index in [0.29, 0.717) is 34.7 Å². The van der Waals surface area contributed by atoms with Gasteiger partial charge in [-0.1, -0.05) is 42.8 Å². The van der Waals surface area contributed by atoms with E-state index in [0.717, 1.165) is 37.2 Å². The molecule has 0 bridgehead atoms. The second-order valence-corrected chi connectivity index (χ2v) is 9.10. The van der Waals surface area contributed by atoms with Crippen molar-refractivity contribution in [1.29, 1.82) is 5.26 Å². The highest BCUT2D eigenvalue weighted by Crippen LogP contribution is 2.28. The normalized spacial score (nSPS) is 15.6. The van der Waals surface area contributed by atoms with Gasteiger partial charge in [-0.2, -0.15) is 10.4 Å². The predicted molar refractivity (Wildman–Crippen MR) is 132 cm³/mol. The number of rotatable bonds is 8. The first-order valence-corrected chi connectivity index (χ1v) is 11.9. The summed E-state index contributed by atoms with van der Waals surface area (Å²) in [7, 11) is 2.14. The van der Waals surface area contributed by atoms with Gasteiger partial charge in [0.1, 0.15) is 0 Å². The molecule has 1 atom stereocenters. The van der Waals surface area contributed by atoms with Gasteiger partial charge in [0.05, 0.1) is 46.8 Å². The van der Waals surface area contributed by atoms with Crippen LogP contribution < -0.4 is 5.32 Å². The van der Waals surface area contributed by atoms with Gasteiger partial charge in [0, 0.05) is 23.7 Å². The van der Waals surface area contributed by atoms with Crippen molar-refractivity contribution in [3.05, 3.63) is 53.4 Å². The van der Waals surface area contributed by atoms with Crippen LogP contribution in [0.1, 0.15) is 49.0 Å². The van der Waals surface area contributed by atoms with E-state index in [2.05, 4.69) is 38.4 Å². The van der Waals surface area contributed by atoms with Crippen LogP contribution in [0.2, 0.25) is 5.02 Å². The quantitative estimate of drug-likeness (QED) is 0.449. The fraction of sp³-hybridized carbons (Fsp3) is 0.400. The van der Waals surface area contributed by atoms with Gasteiger partial charge in [0.25, 0.3) is 0 Å². The van der Waals surface area contributed by atoms with Crippen molar-refractivity contribution >= 4 is 29.0 Å². The Morgan fingerprint density at radius 2 is 2.00 bits per heavy atom. The zero-order valence-electron chi connectivity index (χ0n) is 19.4. The van der Waals surface area contributed by atoms with E-state index in [4.69, 9.17) is 16.9 Å². The van der Waals surface area contributed by atoms with Gasteiger partial charge < -0.3 is 10.2 Å². The maximum absolute atomic E-state index is 12.5. The summed E-state index contributed by atoms with van der Waals surface area (Å²) in [4.78, 5) is 23.7. The molecular weight excluding hydrogens is 450 g/mol. The lowest BCUT2D eigenvalue weighted by atomic mass is 9.96. The fourth-order valence-electron chi connectivity index (χ4n) is 4.06. The topological polar surface area (TPSA) is 99.7 Å². The lowest BCUT2D eigenvalue weighted by Crippen LogP contribution is -2.31. The van der Waals surface area contributed by atoms with Crippen LogP contribution in [-0.2, 0) is 0 Å². The number of nitrogens with zero attached hydrogens (tertiary/aromatic N) is 6. The highest BCUT2D eigenvalue weighted by molar-refractivity contribution is 6.32. The Morgan fingerprint density at radius 1 is 1.26 bits per heavy atom. The van der Waals surface area contributed by atoms with Crippen molar-refractivity contribution in [3.8, 4) is 17.3 Å². The van der Waals surface area contributed by atoms with Crippen molar-refractivity contribution in [2.75, 3.05) is 25.5 Å². The van der Waals surface area contributed by atoms with Crippen LogP contribution in [0, 0.1) is 17.2 Å². The maximum Gasteiger partial charge on any atom is 0.227 e. The number of Topliss-reactive ketones (excluding diaryl/α,β-unsaturated/α-hetero) is 1. The van der Waals surface area contributed by atoms with Crippen molar-refractivity contribution in [2.24, 2.45) is 5.92 Å². The van der Waals surface area contributed by atoms with E-state index < -0.39 is 0 Å². The molecular formula is C25H28ClN7O. The Labute approximate surface area is 204 Å². The molecule has 0 saturated carbocycles. The maximum atomic E-state index is 12.5. The molecule has 1 N–H and O–H groups in total. The van der Waals surface area contributed by atoms with Crippen molar-refractivity contribution in [3.63, 3.8) is 0 Å². The van der Waals surface area contributed by atoms with Crippen LogP contribution in [0.3, 0.4) is 0 Å². The number of aromatic nitrogens is 4. The van der Waals surface area contributed by atoms with E-state index in [-0.39, 0.29) is 18.1 Å². The third-order valence-electron chi connectivity index (χ3n) is 6.25. The first-order chi connectivity index (χ1) is 16.5. The number of hydrogen-bond acceptors (Lipinski definition) is 7. The smallest absolute Gasteiger partial charge is 0.227 e. The molecule has 1 saturated heterocycles. The summed E-state index contributed by atoms with van der Waals surface area (Å²) in [6, 6.07) is 9.70. The van der Waals surface area contributed by atoms with Gasteiger partial charge in [-0.3, -0.25) is 9.48 Å². The van der Waals surface area contributed by atoms with Gasteiger partial charge in [0.2, 0.25) is 5.95 Å². The standard InChI is InChI=1S/C25H28ClN7O/c1-3-17(13-27)12-23(34)18-4-6-19(7-5-18)24-22(26)15-28-25(31-24)30-20-14-29-33(16-20)21-8-10-32(2)11-9-21/h4-7,14-17,21H,3,8-12H2,1-2H3,(H,28,30,31)/t17-/m1/s1. The molecule has 0 aliphatic carbocycles. The fourth-order valence-corrected chi connectivity index (χ4v) is 4.26. The summed E-state index contributed by atoms with van der Waals surface area (Å²) >= 11 is 6.38. The molecule has 2 aromatic heterocycles. The molecule has 176 valence electrons. The number of benzene rings is 1. The molecule has 1 aliphatic heterocycles. The first kappa shape index (κ1) is 23.9. The van der Waals surface area contributed by atoms with Gasteiger partial charge >= 0.3 is 0 Å². The molecule has 1 aromatic carbocycles. The minimum atomic E-state index is -0.263. The first-order valence-electron chi connectivity index (χ1n) is 11.5. The van der Waals surface area contributed by atoms with Gasteiger partial charge in [-0.05, 0) is 39.4 Å². The molecule has 3 aromatic rings. The largest absolute Gasteiger partial charge is 0.321 e. The van der Waals surface area contributed by atoms with Crippen LogP contribution in [0.15, 0.2) is 42.9 Å². The average Bonchev–Trinajstić information content (AvgIpc) is 3.32. The van der Waals surface area contributed by atoms with E-state index >= 15 is 0 Å². The van der Waals surface area contributed by atoms with E-state index in [1.54, 1.807) is 24.5 Å². The third kappa shape index (κ3) is 5.61. The van der Waals surface area contributed by atoms with Crippen LogP contribution in [-0.4, -0.2) is 50.6 Å². The number of halogens is 1. The Hall–Kier alpha value is -3.28. The van der Waals surface area contributed by atoms with Crippen LogP contribution in [0.5, 0.6) is 0 Å². The molecule has 0 spiro atoms. The number of carbonyl (C=O) groups excluding carboxylic acids is 1. The molecule has 34 heavy (non-hydrogen) atoms. The average molecular weight is 478 g/mol. The number of piperidine rings is 1. The number of nitrogens with one attached hydrogen (secondary N) is 1. The molecule has 1 aliphatic rings. The molecule has 0 unspecified atom stereocenters. The van der Waals surface area contributed by atoms with Crippen LogP contribution in [0.4, 0.5) is 11.6 Å². The van der Waals surface area contributed by atoms with Crippen LogP contribution >= 0.6 is 11.6 Å². The molecule has 0 amide bonds. The summed E-state index contributed by atoms with van der Waals surface area (Å²) < 4.78 is 2.01. The van der Waals surface area contributed by atoms with E-state index in [9.17, 15) is 4.79 Å². The molecule has 4 rings (SSSR count). The van der Waals surface area contributed by atoms with Gasteiger partial charge in [-0.25, -0.2) is 9.97 Å². The Bertz CT molecular complexity index is 1180. The van der Waals surface area contributed by atoms with Crippen molar-refractivity contribution in [1.82, 2.24) is 24.6 Å². The second kappa shape index (κ2) is 10.8. The second-order valence-electron chi connectivity index (χ2n) is 8.70. The summed E-state index contributed by atoms with van der Waals surface area (Å²) in [5, 5.41) is 17.3. The number of nitriles is 1. The Kier molecular flexibility index (Phi) is 7.56. The summed E-state index contributed by atoms with van der Waals surface area (Å²) in [5.41, 5.74) is 2.74. The molecule has 0 radical (unpaired) electrons. The zero-order valence-corrected chi connectivity index (χ0v) is 20.2. The number of carbonyl (C=O) groups is 1. The molecule has 1 fully saturated rings.